The van der Waals surface area contributed by atoms with Crippen molar-refractivity contribution in [2.24, 2.45) is 4.99 Å². The Hall–Kier alpha value is -2.41. The summed E-state index contributed by atoms with van der Waals surface area (Å²) in [5.74, 6) is 2.75. The standard InChI is InChI=1S/C21H33N7/c1-15(17-9-7-6-8-10-17)26-21(3,4)14-23-20(22-5)25-18-11-12-19-24-16(2)27-28(19)13-18/h6-10,15,18,26H,11-14H2,1-5H3,(H2,22,23,25). The molecule has 1 aromatic heterocycles. The molecule has 0 bridgehead atoms. The zero-order chi connectivity index (χ0) is 20.1. The Bertz CT molecular complexity index is 794. The van der Waals surface area contributed by atoms with E-state index in [9.17, 15) is 0 Å². The maximum absolute atomic E-state index is 4.48. The summed E-state index contributed by atoms with van der Waals surface area (Å²) in [6.07, 6.45) is 1.97. The largest absolute Gasteiger partial charge is 0.355 e. The highest BCUT2D eigenvalue weighted by atomic mass is 15.4. The van der Waals surface area contributed by atoms with E-state index in [4.69, 9.17) is 0 Å². The monoisotopic (exact) mass is 383 g/mol. The Balaban J connectivity index is 1.50. The van der Waals surface area contributed by atoms with Crippen molar-refractivity contribution < 1.29 is 0 Å². The van der Waals surface area contributed by atoms with Crippen molar-refractivity contribution in [1.29, 1.82) is 0 Å². The molecular weight excluding hydrogens is 350 g/mol. The molecule has 0 spiro atoms. The summed E-state index contributed by atoms with van der Waals surface area (Å²) >= 11 is 0. The Morgan fingerprint density at radius 3 is 2.79 bits per heavy atom. The predicted molar refractivity (Wildman–Crippen MR) is 113 cm³/mol. The fourth-order valence-electron chi connectivity index (χ4n) is 3.71. The normalized spacial score (nSPS) is 18.5. The average molecular weight is 384 g/mol. The fourth-order valence-corrected chi connectivity index (χ4v) is 3.71. The van der Waals surface area contributed by atoms with Crippen molar-refractivity contribution in [3.63, 3.8) is 0 Å². The van der Waals surface area contributed by atoms with Crippen LogP contribution in [-0.2, 0) is 13.0 Å². The summed E-state index contributed by atoms with van der Waals surface area (Å²) in [6, 6.07) is 11.1. The van der Waals surface area contributed by atoms with Crippen LogP contribution in [0.2, 0.25) is 0 Å². The lowest BCUT2D eigenvalue weighted by Crippen LogP contribution is -2.54. The minimum Gasteiger partial charge on any atom is -0.355 e. The third kappa shape index (κ3) is 5.32. The number of hydrogen-bond acceptors (Lipinski definition) is 4. The van der Waals surface area contributed by atoms with E-state index in [0.717, 1.165) is 43.5 Å². The summed E-state index contributed by atoms with van der Waals surface area (Å²) < 4.78 is 2.01. The van der Waals surface area contributed by atoms with Crippen LogP contribution in [-0.4, -0.2) is 45.9 Å². The molecule has 0 fully saturated rings. The lowest BCUT2D eigenvalue weighted by atomic mass is 10.0. The molecule has 0 saturated heterocycles. The highest BCUT2D eigenvalue weighted by molar-refractivity contribution is 5.80. The second kappa shape index (κ2) is 8.73. The first-order chi connectivity index (χ1) is 13.4. The SMILES string of the molecule is CN=C(NCC(C)(C)NC(C)c1ccccc1)NC1CCc2nc(C)nn2C1. The highest BCUT2D eigenvalue weighted by Crippen LogP contribution is 2.16. The number of nitrogens with zero attached hydrogens (tertiary/aromatic N) is 4. The van der Waals surface area contributed by atoms with Gasteiger partial charge in [0.15, 0.2) is 5.96 Å². The molecule has 0 radical (unpaired) electrons. The number of nitrogens with one attached hydrogen (secondary N) is 3. The quantitative estimate of drug-likeness (QED) is 0.526. The maximum atomic E-state index is 4.48. The van der Waals surface area contributed by atoms with Crippen LogP contribution in [0.25, 0.3) is 0 Å². The van der Waals surface area contributed by atoms with Gasteiger partial charge < -0.3 is 16.0 Å². The van der Waals surface area contributed by atoms with Crippen LogP contribution >= 0.6 is 0 Å². The van der Waals surface area contributed by atoms with Crippen molar-refractivity contribution in [3.05, 3.63) is 47.5 Å². The molecule has 2 heterocycles. The average Bonchev–Trinajstić information content (AvgIpc) is 3.04. The first-order valence-corrected chi connectivity index (χ1v) is 10.1. The number of aliphatic imine (C=N–C) groups is 1. The van der Waals surface area contributed by atoms with Crippen molar-refractivity contribution in [2.75, 3.05) is 13.6 Å². The molecule has 3 N–H and O–H groups in total. The smallest absolute Gasteiger partial charge is 0.191 e. The van der Waals surface area contributed by atoms with Gasteiger partial charge in [-0.15, -0.1) is 0 Å². The number of fused-ring (bicyclic) bond motifs is 1. The Labute approximate surface area is 168 Å². The van der Waals surface area contributed by atoms with Gasteiger partial charge in [0.2, 0.25) is 0 Å². The predicted octanol–water partition coefficient (Wildman–Crippen LogP) is 2.20. The number of rotatable bonds is 6. The molecule has 7 nitrogen and oxygen atoms in total. The van der Waals surface area contributed by atoms with Crippen molar-refractivity contribution in [2.45, 2.75) is 64.7 Å². The second-order valence-corrected chi connectivity index (χ2v) is 8.22. The van der Waals surface area contributed by atoms with E-state index in [1.165, 1.54) is 5.56 Å². The number of aromatic nitrogens is 3. The fraction of sp³-hybridized carbons (Fsp3) is 0.571. The maximum Gasteiger partial charge on any atom is 0.191 e. The van der Waals surface area contributed by atoms with Crippen molar-refractivity contribution in [1.82, 2.24) is 30.7 Å². The van der Waals surface area contributed by atoms with E-state index in [2.05, 4.69) is 76.1 Å². The molecule has 2 unspecified atom stereocenters. The number of guanidine groups is 1. The minimum atomic E-state index is -0.0877. The Morgan fingerprint density at radius 2 is 2.07 bits per heavy atom. The highest BCUT2D eigenvalue weighted by Gasteiger charge is 2.24. The molecule has 1 aliphatic heterocycles. The summed E-state index contributed by atoms with van der Waals surface area (Å²) in [6.45, 7) is 10.1. The van der Waals surface area contributed by atoms with Gasteiger partial charge in [-0.2, -0.15) is 5.10 Å². The van der Waals surface area contributed by atoms with Gasteiger partial charge in [0, 0.05) is 37.6 Å². The van der Waals surface area contributed by atoms with Crippen LogP contribution in [0.5, 0.6) is 0 Å². The van der Waals surface area contributed by atoms with Crippen LogP contribution < -0.4 is 16.0 Å². The van der Waals surface area contributed by atoms with Crippen LogP contribution in [0, 0.1) is 6.92 Å². The van der Waals surface area contributed by atoms with E-state index in [0.29, 0.717) is 6.04 Å². The molecule has 7 heteroatoms. The Kier molecular flexibility index (Phi) is 6.34. The zero-order valence-corrected chi connectivity index (χ0v) is 17.7. The van der Waals surface area contributed by atoms with Gasteiger partial charge in [0.05, 0.1) is 6.54 Å². The summed E-state index contributed by atoms with van der Waals surface area (Å²) in [5.41, 5.74) is 1.20. The first-order valence-electron chi connectivity index (χ1n) is 10.1. The molecule has 3 rings (SSSR count). The zero-order valence-electron chi connectivity index (χ0n) is 17.7. The second-order valence-electron chi connectivity index (χ2n) is 8.22. The van der Waals surface area contributed by atoms with Gasteiger partial charge in [0.1, 0.15) is 11.6 Å². The molecule has 2 atom stereocenters. The molecule has 28 heavy (non-hydrogen) atoms. The van der Waals surface area contributed by atoms with Gasteiger partial charge >= 0.3 is 0 Å². The number of hydrogen-bond donors (Lipinski definition) is 3. The molecule has 0 saturated carbocycles. The molecule has 0 aliphatic carbocycles. The lowest BCUT2D eigenvalue weighted by Gasteiger charge is -2.32. The summed E-state index contributed by atoms with van der Waals surface area (Å²) in [4.78, 5) is 8.88. The van der Waals surface area contributed by atoms with Crippen LogP contribution in [0.3, 0.4) is 0 Å². The molecule has 152 valence electrons. The molecule has 1 aliphatic rings. The molecule has 2 aromatic rings. The van der Waals surface area contributed by atoms with Gasteiger partial charge in [-0.25, -0.2) is 9.67 Å². The topological polar surface area (TPSA) is 79.2 Å². The Morgan fingerprint density at radius 1 is 1.32 bits per heavy atom. The van der Waals surface area contributed by atoms with E-state index in [1.54, 1.807) is 0 Å². The van der Waals surface area contributed by atoms with E-state index in [-0.39, 0.29) is 11.6 Å². The third-order valence-corrected chi connectivity index (χ3v) is 5.13. The van der Waals surface area contributed by atoms with Crippen LogP contribution in [0.1, 0.15) is 50.4 Å². The van der Waals surface area contributed by atoms with E-state index >= 15 is 0 Å². The molecule has 0 amide bonds. The van der Waals surface area contributed by atoms with Gasteiger partial charge in [-0.05, 0) is 39.7 Å². The van der Waals surface area contributed by atoms with E-state index < -0.39 is 0 Å². The number of aryl methyl sites for hydroxylation is 2. The lowest BCUT2D eigenvalue weighted by molar-refractivity contribution is 0.341. The van der Waals surface area contributed by atoms with Gasteiger partial charge in [-0.3, -0.25) is 4.99 Å². The van der Waals surface area contributed by atoms with Crippen LogP contribution in [0.4, 0.5) is 0 Å². The first kappa shape index (κ1) is 20.3. The molecular formula is C21H33N7. The third-order valence-electron chi connectivity index (χ3n) is 5.13. The summed E-state index contributed by atoms with van der Waals surface area (Å²) in [7, 11) is 1.82. The van der Waals surface area contributed by atoms with Crippen LogP contribution in [0.15, 0.2) is 35.3 Å². The number of benzene rings is 1. The van der Waals surface area contributed by atoms with Gasteiger partial charge in [0.25, 0.3) is 0 Å². The van der Waals surface area contributed by atoms with E-state index in [1.807, 2.05) is 24.7 Å². The van der Waals surface area contributed by atoms with Crippen molar-refractivity contribution in [3.8, 4) is 0 Å². The summed E-state index contributed by atoms with van der Waals surface area (Å²) in [5, 5.41) is 15.2. The molecule has 1 aromatic carbocycles. The van der Waals surface area contributed by atoms with Gasteiger partial charge in [-0.1, -0.05) is 30.3 Å². The minimum absolute atomic E-state index is 0.0877. The van der Waals surface area contributed by atoms with Crippen molar-refractivity contribution >= 4 is 5.96 Å².